The van der Waals surface area contributed by atoms with Crippen molar-refractivity contribution in [3.8, 4) is 16.9 Å². The lowest BCUT2D eigenvalue weighted by atomic mass is 10.0. The molecule has 0 unspecified atom stereocenters. The highest BCUT2D eigenvalue weighted by atomic mass is 19.1. The van der Waals surface area contributed by atoms with Gasteiger partial charge in [-0.1, -0.05) is 45.2 Å². The summed E-state index contributed by atoms with van der Waals surface area (Å²) in [6.07, 6.45) is 2.32. The van der Waals surface area contributed by atoms with E-state index in [0.29, 0.717) is 0 Å². The Kier molecular flexibility index (Phi) is 6.55. The van der Waals surface area contributed by atoms with Crippen LogP contribution in [0.4, 0.5) is 19.0 Å². The molecule has 4 aromatic rings. The van der Waals surface area contributed by atoms with Crippen LogP contribution in [0.2, 0.25) is 0 Å². The molecule has 44 heavy (non-hydrogen) atoms. The lowest BCUT2D eigenvalue weighted by molar-refractivity contribution is -0.129. The molecule has 2 atom stereocenters. The van der Waals surface area contributed by atoms with Gasteiger partial charge in [0.25, 0.3) is 5.91 Å². The molecular weight excluding hydrogens is 569 g/mol. The maximum atomic E-state index is 16.3. The Morgan fingerprint density at radius 2 is 1.89 bits per heavy atom. The van der Waals surface area contributed by atoms with Crippen molar-refractivity contribution in [3.05, 3.63) is 94.4 Å². The van der Waals surface area contributed by atoms with Crippen molar-refractivity contribution >= 4 is 28.8 Å². The van der Waals surface area contributed by atoms with Gasteiger partial charge in [-0.3, -0.25) is 9.78 Å². The quantitative estimate of drug-likeness (QED) is 0.246. The Morgan fingerprint density at radius 1 is 1.16 bits per heavy atom. The predicted octanol–water partition coefficient (Wildman–Crippen LogP) is 6.10. The van der Waals surface area contributed by atoms with Crippen LogP contribution in [0.1, 0.15) is 57.3 Å². The van der Waals surface area contributed by atoms with Crippen LogP contribution in [0.25, 0.3) is 34.1 Å². The van der Waals surface area contributed by atoms with E-state index in [9.17, 15) is 14.0 Å². The van der Waals surface area contributed by atoms with Gasteiger partial charge in [0, 0.05) is 41.0 Å². The van der Waals surface area contributed by atoms with Crippen LogP contribution in [-0.2, 0) is 4.79 Å². The maximum absolute atomic E-state index is 16.3. The number of anilines is 1. The molecule has 228 valence electrons. The van der Waals surface area contributed by atoms with Gasteiger partial charge < -0.3 is 9.80 Å². The standard InChI is InChI=1S/C33H33F3N6O2/c1-8-22-10-9-11-24(35)26(22)28-25(36)14-23-30(38-28)42(29-18(4)12-13-37-27(29)17(2)3)33(44)39-31(23)41-19(5)15-40(16-20(41)6)32(43)21(7)34/h8-14,17,19-20H,1,7,15-16H2,2-6H3/t19-,20-/m0/s1/i1D2,4D3. The van der Waals surface area contributed by atoms with Crippen molar-refractivity contribution in [1.82, 2.24) is 24.4 Å². The molecule has 8 nitrogen and oxygen atoms in total. The van der Waals surface area contributed by atoms with Crippen molar-refractivity contribution in [1.29, 1.82) is 0 Å². The Labute approximate surface area is 260 Å². The van der Waals surface area contributed by atoms with E-state index in [1.165, 1.54) is 29.3 Å². The molecule has 0 saturated carbocycles. The number of aryl methyl sites for hydroxylation is 1. The molecule has 5 rings (SSSR count). The Balaban J connectivity index is 1.91. The molecule has 1 aliphatic rings. The van der Waals surface area contributed by atoms with Crippen LogP contribution < -0.4 is 10.6 Å². The number of fused-ring (bicyclic) bond motifs is 1. The number of hydrogen-bond acceptors (Lipinski definition) is 6. The number of rotatable bonds is 6. The molecule has 4 heterocycles. The summed E-state index contributed by atoms with van der Waals surface area (Å²) in [4.78, 5) is 42.8. The SMILES string of the molecule is [2H]C([2H])=Cc1cccc(F)c1-c1nc2c(cc1F)c(N1[C@@H](C)CN(C(=O)C(=C)F)C[C@@H]1C)nc(=O)n2-c1c(C([2H])([2H])[2H])ccnc1C(C)C. The summed E-state index contributed by atoms with van der Waals surface area (Å²) in [5.41, 5.74) is -2.41. The molecule has 11 heteroatoms. The number of halogens is 3. The lowest BCUT2D eigenvalue weighted by Gasteiger charge is -2.45. The van der Waals surface area contributed by atoms with E-state index in [1.54, 1.807) is 32.6 Å². The highest BCUT2D eigenvalue weighted by Crippen LogP contribution is 2.36. The van der Waals surface area contributed by atoms with Crippen molar-refractivity contribution in [2.45, 2.75) is 52.5 Å². The molecule has 1 amide bonds. The maximum Gasteiger partial charge on any atom is 0.355 e. The van der Waals surface area contributed by atoms with Crippen LogP contribution >= 0.6 is 0 Å². The minimum absolute atomic E-state index is 0.00314. The van der Waals surface area contributed by atoms with E-state index >= 15 is 8.78 Å². The second kappa shape index (κ2) is 11.7. The lowest BCUT2D eigenvalue weighted by Crippen LogP contribution is -2.59. The van der Waals surface area contributed by atoms with Gasteiger partial charge in [-0.15, -0.1) is 0 Å². The molecule has 1 aliphatic heterocycles. The second-order valence-electron chi connectivity index (χ2n) is 11.1. The molecule has 0 aliphatic carbocycles. The molecule has 0 radical (unpaired) electrons. The van der Waals surface area contributed by atoms with Gasteiger partial charge in [0.1, 0.15) is 17.3 Å². The molecule has 3 aromatic heterocycles. The molecular formula is C33H33F3N6O2. The summed E-state index contributed by atoms with van der Waals surface area (Å²) >= 11 is 0. The van der Waals surface area contributed by atoms with Gasteiger partial charge >= 0.3 is 5.69 Å². The van der Waals surface area contributed by atoms with E-state index in [2.05, 4.69) is 21.5 Å². The fourth-order valence-electron chi connectivity index (χ4n) is 5.80. The van der Waals surface area contributed by atoms with Crippen LogP contribution in [0.15, 0.2) is 60.3 Å². The Morgan fingerprint density at radius 3 is 2.52 bits per heavy atom. The average Bonchev–Trinajstić information content (AvgIpc) is 2.99. The van der Waals surface area contributed by atoms with Gasteiger partial charge in [-0.05, 0) is 55.9 Å². The van der Waals surface area contributed by atoms with Crippen LogP contribution in [-0.4, -0.2) is 55.5 Å². The topological polar surface area (TPSA) is 84.2 Å². The summed E-state index contributed by atoms with van der Waals surface area (Å²) in [5.74, 6) is -4.44. The first-order valence-corrected chi connectivity index (χ1v) is 13.9. The summed E-state index contributed by atoms with van der Waals surface area (Å²) < 4.78 is 86.6. The van der Waals surface area contributed by atoms with E-state index in [1.807, 2.05) is 0 Å². The summed E-state index contributed by atoms with van der Waals surface area (Å²) in [5, 5.41) is -0.0422. The fourth-order valence-corrected chi connectivity index (χ4v) is 5.80. The Hall–Kier alpha value is -4.80. The molecule has 0 spiro atoms. The smallest absolute Gasteiger partial charge is 0.347 e. The number of hydrogen-bond donors (Lipinski definition) is 0. The van der Waals surface area contributed by atoms with Crippen LogP contribution in [0.5, 0.6) is 0 Å². The first kappa shape index (κ1) is 24.6. The van der Waals surface area contributed by atoms with Crippen molar-refractivity contribution in [2.75, 3.05) is 18.0 Å². The summed E-state index contributed by atoms with van der Waals surface area (Å²) in [6.45, 7) is 6.56. The van der Waals surface area contributed by atoms with E-state index < -0.39 is 66.1 Å². The first-order valence-electron chi connectivity index (χ1n) is 16.4. The summed E-state index contributed by atoms with van der Waals surface area (Å²) in [6, 6.07) is 4.84. The number of aromatic nitrogens is 4. The molecule has 1 saturated heterocycles. The molecule has 0 bridgehead atoms. The number of pyridine rings is 2. The van der Waals surface area contributed by atoms with Crippen molar-refractivity contribution in [2.24, 2.45) is 0 Å². The number of benzene rings is 1. The minimum Gasteiger partial charge on any atom is -0.347 e. The van der Waals surface area contributed by atoms with Gasteiger partial charge in [0.05, 0.1) is 19.5 Å². The molecule has 0 N–H and O–H groups in total. The van der Waals surface area contributed by atoms with E-state index in [-0.39, 0.29) is 58.0 Å². The normalized spacial score (nSPS) is 18.8. The third-order valence-electron chi connectivity index (χ3n) is 7.65. The van der Waals surface area contributed by atoms with Gasteiger partial charge in [-0.25, -0.2) is 27.5 Å². The zero-order valence-corrected chi connectivity index (χ0v) is 24.5. The van der Waals surface area contributed by atoms with Crippen molar-refractivity contribution in [3.63, 3.8) is 0 Å². The monoisotopic (exact) mass is 607 g/mol. The highest BCUT2D eigenvalue weighted by molar-refractivity contribution is 5.93. The number of nitrogens with zero attached hydrogens (tertiary/aromatic N) is 6. The zero-order valence-electron chi connectivity index (χ0n) is 29.5. The second-order valence-corrected chi connectivity index (χ2v) is 11.1. The zero-order chi connectivity index (χ0) is 36.1. The number of carbonyl (C=O) groups excluding carboxylic acids is 1. The average molecular weight is 608 g/mol. The Bertz CT molecular complexity index is 2070. The van der Waals surface area contributed by atoms with Crippen LogP contribution in [0, 0.1) is 18.5 Å². The van der Waals surface area contributed by atoms with E-state index in [4.69, 9.17) is 6.85 Å². The minimum atomic E-state index is -2.75. The largest absolute Gasteiger partial charge is 0.355 e. The first-order chi connectivity index (χ1) is 22.9. The van der Waals surface area contributed by atoms with Crippen molar-refractivity contribution < 1.29 is 24.8 Å². The predicted molar refractivity (Wildman–Crippen MR) is 165 cm³/mol. The van der Waals surface area contributed by atoms with Gasteiger partial charge in [-0.2, -0.15) is 4.98 Å². The number of piperazine rings is 1. The third-order valence-corrected chi connectivity index (χ3v) is 7.65. The molecule has 1 fully saturated rings. The summed E-state index contributed by atoms with van der Waals surface area (Å²) in [7, 11) is 0. The molecule has 1 aromatic carbocycles. The van der Waals surface area contributed by atoms with Crippen LogP contribution in [0.3, 0.4) is 0 Å². The number of amides is 1. The van der Waals surface area contributed by atoms with E-state index in [0.717, 1.165) is 22.8 Å². The van der Waals surface area contributed by atoms with Gasteiger partial charge in [0.2, 0.25) is 0 Å². The van der Waals surface area contributed by atoms with Gasteiger partial charge in [0.15, 0.2) is 17.3 Å². The third kappa shape index (κ3) is 5.16. The highest BCUT2D eigenvalue weighted by Gasteiger charge is 2.36. The number of carbonyl (C=O) groups is 1. The fraction of sp³-hybridized carbons (Fsp3) is 0.303.